The normalized spacial score (nSPS) is 15.3. The van der Waals surface area contributed by atoms with Gasteiger partial charge in [-0.1, -0.05) is 6.07 Å². The molecule has 2 aliphatic rings. The highest BCUT2D eigenvalue weighted by Crippen LogP contribution is 2.32. The zero-order valence-electron chi connectivity index (χ0n) is 18.0. The molecule has 1 N–H and O–H groups in total. The van der Waals surface area contributed by atoms with E-state index in [4.69, 9.17) is 9.47 Å². The highest BCUT2D eigenvalue weighted by molar-refractivity contribution is 7.89. The summed E-state index contributed by atoms with van der Waals surface area (Å²) >= 11 is 0. The van der Waals surface area contributed by atoms with E-state index in [2.05, 4.69) is 10.4 Å². The van der Waals surface area contributed by atoms with E-state index in [1.807, 2.05) is 0 Å². The molecule has 0 radical (unpaired) electrons. The van der Waals surface area contributed by atoms with Gasteiger partial charge in [0.2, 0.25) is 16.8 Å². The lowest BCUT2D eigenvalue weighted by Gasteiger charge is -2.27. The van der Waals surface area contributed by atoms with Crippen molar-refractivity contribution >= 4 is 15.9 Å². The molecule has 5 rings (SSSR count). The molecule has 3 aromatic rings. The minimum Gasteiger partial charge on any atom is -0.454 e. The van der Waals surface area contributed by atoms with E-state index < -0.39 is 32.5 Å². The SMILES string of the molecule is Cn1nc(C(=O)NCc2ccc3c(c2)OCO3)c2c1CCN(S(=O)(=O)c1ccc(F)cc1F)C2. The first kappa shape index (κ1) is 22.3. The third-order valence-corrected chi connectivity index (χ3v) is 7.70. The number of carbonyl (C=O) groups excluding carboxylic acids is 1. The Bertz CT molecular complexity index is 1410. The molecule has 3 heterocycles. The Morgan fingerprint density at radius 2 is 1.94 bits per heavy atom. The summed E-state index contributed by atoms with van der Waals surface area (Å²) in [6.07, 6.45) is 0.288. The van der Waals surface area contributed by atoms with E-state index in [1.165, 1.54) is 0 Å². The van der Waals surface area contributed by atoms with Crippen LogP contribution in [-0.2, 0) is 36.6 Å². The number of fused-ring (bicyclic) bond motifs is 2. The largest absolute Gasteiger partial charge is 0.454 e. The molecule has 0 saturated heterocycles. The smallest absolute Gasteiger partial charge is 0.272 e. The van der Waals surface area contributed by atoms with Gasteiger partial charge in [-0.25, -0.2) is 17.2 Å². The van der Waals surface area contributed by atoms with Crippen molar-refractivity contribution in [1.82, 2.24) is 19.4 Å². The van der Waals surface area contributed by atoms with Crippen LogP contribution in [0.1, 0.15) is 27.3 Å². The minimum atomic E-state index is -4.25. The maximum Gasteiger partial charge on any atom is 0.272 e. The number of rotatable bonds is 5. The number of hydrogen-bond donors (Lipinski definition) is 1. The number of halogens is 2. The molecule has 0 aliphatic carbocycles. The lowest BCUT2D eigenvalue weighted by atomic mass is 10.1. The van der Waals surface area contributed by atoms with Gasteiger partial charge in [-0.3, -0.25) is 9.48 Å². The predicted octanol–water partition coefficient (Wildman–Crippen LogP) is 2.10. The number of nitrogens with zero attached hydrogens (tertiary/aromatic N) is 3. The summed E-state index contributed by atoms with van der Waals surface area (Å²) < 4.78 is 66.8. The Morgan fingerprint density at radius 1 is 1.15 bits per heavy atom. The zero-order valence-corrected chi connectivity index (χ0v) is 18.9. The van der Waals surface area contributed by atoms with Crippen LogP contribution in [0.3, 0.4) is 0 Å². The molecule has 0 atom stereocenters. The topological polar surface area (TPSA) is 103 Å². The second-order valence-electron chi connectivity index (χ2n) is 7.93. The van der Waals surface area contributed by atoms with Crippen LogP contribution in [0.2, 0.25) is 0 Å². The Balaban J connectivity index is 1.36. The van der Waals surface area contributed by atoms with Gasteiger partial charge in [0.1, 0.15) is 16.5 Å². The van der Waals surface area contributed by atoms with Gasteiger partial charge >= 0.3 is 0 Å². The van der Waals surface area contributed by atoms with Crippen molar-refractivity contribution in [2.24, 2.45) is 7.05 Å². The molecule has 0 unspecified atom stereocenters. The molecule has 0 bridgehead atoms. The summed E-state index contributed by atoms with van der Waals surface area (Å²) in [7, 11) is -2.57. The van der Waals surface area contributed by atoms with Crippen molar-refractivity contribution in [3.8, 4) is 11.5 Å². The predicted molar refractivity (Wildman–Crippen MR) is 115 cm³/mol. The second-order valence-corrected chi connectivity index (χ2v) is 9.84. The molecular formula is C22H20F2N4O5S. The molecule has 1 amide bonds. The van der Waals surface area contributed by atoms with Crippen LogP contribution in [-0.4, -0.2) is 41.7 Å². The number of benzene rings is 2. The van der Waals surface area contributed by atoms with Crippen LogP contribution in [0.15, 0.2) is 41.3 Å². The number of carbonyl (C=O) groups is 1. The maximum atomic E-state index is 14.2. The van der Waals surface area contributed by atoms with Gasteiger partial charge in [0, 0.05) is 50.4 Å². The number of sulfonamides is 1. The van der Waals surface area contributed by atoms with Gasteiger partial charge in [0.25, 0.3) is 5.91 Å². The first-order chi connectivity index (χ1) is 16.2. The standard InChI is InChI=1S/C22H20F2N4O5S/c1-27-17-6-7-28(34(30,31)20-5-3-14(23)9-16(20)24)11-15(17)21(26-27)22(29)25-10-13-2-4-18-19(8-13)33-12-32-18/h2-5,8-9H,6-7,10-12H2,1H3,(H,25,29). The molecular weight excluding hydrogens is 470 g/mol. The van der Waals surface area contributed by atoms with Crippen molar-refractivity contribution in [3.63, 3.8) is 0 Å². The number of hydrogen-bond acceptors (Lipinski definition) is 6. The third kappa shape index (κ3) is 3.88. The third-order valence-electron chi connectivity index (χ3n) is 5.82. The molecule has 2 aliphatic heterocycles. The van der Waals surface area contributed by atoms with Gasteiger partial charge in [-0.05, 0) is 29.8 Å². The number of aryl methyl sites for hydroxylation is 1. The molecule has 178 valence electrons. The molecule has 0 spiro atoms. The Kier molecular flexibility index (Phi) is 5.48. The van der Waals surface area contributed by atoms with E-state index in [1.54, 1.807) is 29.9 Å². The Hall–Kier alpha value is -3.51. The number of ether oxygens (including phenoxy) is 2. The van der Waals surface area contributed by atoms with Gasteiger partial charge in [-0.15, -0.1) is 0 Å². The van der Waals surface area contributed by atoms with Crippen molar-refractivity contribution in [2.45, 2.75) is 24.4 Å². The van der Waals surface area contributed by atoms with Crippen molar-refractivity contribution in [1.29, 1.82) is 0 Å². The molecule has 34 heavy (non-hydrogen) atoms. The highest BCUT2D eigenvalue weighted by atomic mass is 32.2. The Labute approximate surface area is 193 Å². The fourth-order valence-corrected chi connectivity index (χ4v) is 5.55. The minimum absolute atomic E-state index is 0.0734. The number of nitrogens with one attached hydrogen (secondary N) is 1. The summed E-state index contributed by atoms with van der Waals surface area (Å²) in [5.74, 6) is -1.28. The van der Waals surface area contributed by atoms with Crippen molar-refractivity contribution < 1.29 is 31.5 Å². The van der Waals surface area contributed by atoms with E-state index in [9.17, 15) is 22.0 Å². The van der Waals surface area contributed by atoms with Gasteiger partial charge in [0.05, 0.1) is 0 Å². The van der Waals surface area contributed by atoms with Crippen LogP contribution in [0.4, 0.5) is 8.78 Å². The summed E-state index contributed by atoms with van der Waals surface area (Å²) in [6.45, 7) is 0.259. The van der Waals surface area contributed by atoms with E-state index in [-0.39, 0.29) is 38.5 Å². The maximum absolute atomic E-state index is 14.2. The van der Waals surface area contributed by atoms with Crippen LogP contribution < -0.4 is 14.8 Å². The molecule has 0 fully saturated rings. The lowest BCUT2D eigenvalue weighted by molar-refractivity contribution is 0.0943. The number of amides is 1. The van der Waals surface area contributed by atoms with Crippen LogP contribution >= 0.6 is 0 Å². The molecule has 1 aromatic heterocycles. The van der Waals surface area contributed by atoms with Crippen molar-refractivity contribution in [2.75, 3.05) is 13.3 Å². The van der Waals surface area contributed by atoms with E-state index in [0.29, 0.717) is 23.1 Å². The molecule has 0 saturated carbocycles. The molecule has 2 aromatic carbocycles. The van der Waals surface area contributed by atoms with Gasteiger partial charge in [0.15, 0.2) is 17.2 Å². The summed E-state index contributed by atoms with van der Waals surface area (Å²) in [6, 6.07) is 7.64. The van der Waals surface area contributed by atoms with E-state index in [0.717, 1.165) is 27.7 Å². The van der Waals surface area contributed by atoms with E-state index >= 15 is 0 Å². The molecule has 12 heteroatoms. The fourth-order valence-electron chi connectivity index (χ4n) is 4.10. The average molecular weight is 490 g/mol. The quantitative estimate of drug-likeness (QED) is 0.588. The van der Waals surface area contributed by atoms with Crippen LogP contribution in [0.5, 0.6) is 11.5 Å². The summed E-state index contributed by atoms with van der Waals surface area (Å²) in [5.41, 5.74) is 2.05. The first-order valence-corrected chi connectivity index (χ1v) is 11.8. The van der Waals surface area contributed by atoms with Crippen LogP contribution in [0, 0.1) is 11.6 Å². The van der Waals surface area contributed by atoms with Gasteiger partial charge in [-0.2, -0.15) is 9.40 Å². The average Bonchev–Trinajstić information content (AvgIpc) is 3.41. The summed E-state index contributed by atoms with van der Waals surface area (Å²) in [5, 5.41) is 7.09. The monoisotopic (exact) mass is 490 g/mol. The number of aromatic nitrogens is 2. The highest BCUT2D eigenvalue weighted by Gasteiger charge is 2.35. The Morgan fingerprint density at radius 3 is 2.74 bits per heavy atom. The second kappa shape index (κ2) is 8.37. The fraction of sp³-hybridized carbons (Fsp3) is 0.273. The van der Waals surface area contributed by atoms with Crippen LogP contribution in [0.25, 0.3) is 0 Å². The zero-order chi connectivity index (χ0) is 24.0. The van der Waals surface area contributed by atoms with Gasteiger partial charge < -0.3 is 14.8 Å². The lowest BCUT2D eigenvalue weighted by Crippen LogP contribution is -2.37. The first-order valence-electron chi connectivity index (χ1n) is 10.4. The van der Waals surface area contributed by atoms with Crippen molar-refractivity contribution in [3.05, 3.63) is 70.5 Å². The summed E-state index contributed by atoms with van der Waals surface area (Å²) in [4.78, 5) is 12.3. The molecule has 9 nitrogen and oxygen atoms in total.